The number of H-pyrrole nitrogens is 1. The van der Waals surface area contributed by atoms with Crippen molar-refractivity contribution >= 4 is 11.4 Å². The van der Waals surface area contributed by atoms with E-state index in [1.165, 1.54) is 40.3 Å². The number of oxazole rings is 1. The van der Waals surface area contributed by atoms with Crippen LogP contribution in [-0.4, -0.2) is 41.9 Å². The van der Waals surface area contributed by atoms with E-state index in [2.05, 4.69) is 20.1 Å². The van der Waals surface area contributed by atoms with Crippen LogP contribution in [0.4, 0.5) is 13.2 Å². The Hall–Kier alpha value is -3.63. The van der Waals surface area contributed by atoms with E-state index in [0.29, 0.717) is 30.2 Å². The number of aromatic amines is 1. The number of carbonyl (C=O) groups excluding carboxylic acids is 1. The first-order chi connectivity index (χ1) is 15.4. The van der Waals surface area contributed by atoms with E-state index in [4.69, 9.17) is 4.42 Å². The standard InChI is InChI=1S/C21H17F3N6O2/c22-21(23,24)12-2-1-6-30-15(12)8-14(28-30)18-17-13(26-10-27-17)5-7-29(18)20(31)16-9-25-19(32-16)11-3-4-11/h1-2,6,8-11,18H,3-5,7H2,(H,26,27)/t18-/m1/s1. The van der Waals surface area contributed by atoms with Crippen molar-refractivity contribution in [2.24, 2.45) is 0 Å². The molecule has 1 fully saturated rings. The Morgan fingerprint density at radius 2 is 2.09 bits per heavy atom. The molecule has 1 atom stereocenters. The van der Waals surface area contributed by atoms with Gasteiger partial charge in [0.25, 0.3) is 5.91 Å². The molecular formula is C21H17F3N6O2. The third-order valence-electron chi connectivity index (χ3n) is 5.95. The molecule has 0 saturated heterocycles. The highest BCUT2D eigenvalue weighted by Gasteiger charge is 2.39. The van der Waals surface area contributed by atoms with Crippen LogP contribution in [0.25, 0.3) is 5.52 Å². The Morgan fingerprint density at radius 1 is 1.25 bits per heavy atom. The molecule has 32 heavy (non-hydrogen) atoms. The van der Waals surface area contributed by atoms with Crippen LogP contribution >= 0.6 is 0 Å². The molecule has 0 unspecified atom stereocenters. The molecular weight excluding hydrogens is 425 g/mol. The predicted molar refractivity (Wildman–Crippen MR) is 104 cm³/mol. The molecule has 8 nitrogen and oxygen atoms in total. The monoisotopic (exact) mass is 442 g/mol. The zero-order valence-corrected chi connectivity index (χ0v) is 16.6. The number of halogens is 3. The van der Waals surface area contributed by atoms with Crippen LogP contribution in [0.15, 0.2) is 41.3 Å². The highest BCUT2D eigenvalue weighted by molar-refractivity contribution is 5.92. The van der Waals surface area contributed by atoms with Crippen molar-refractivity contribution < 1.29 is 22.4 Å². The summed E-state index contributed by atoms with van der Waals surface area (Å²) in [7, 11) is 0. The summed E-state index contributed by atoms with van der Waals surface area (Å²) in [6.07, 6.45) is 2.36. The number of alkyl halides is 3. The fourth-order valence-electron chi connectivity index (χ4n) is 4.25. The lowest BCUT2D eigenvalue weighted by Crippen LogP contribution is -2.40. The van der Waals surface area contributed by atoms with Crippen LogP contribution in [0, 0.1) is 0 Å². The number of fused-ring (bicyclic) bond motifs is 2. The minimum Gasteiger partial charge on any atom is -0.435 e. The normalized spacial score (nSPS) is 18.8. The number of nitrogens with one attached hydrogen (secondary N) is 1. The molecule has 0 bridgehead atoms. The van der Waals surface area contributed by atoms with Crippen molar-refractivity contribution in [3.05, 3.63) is 71.2 Å². The quantitative estimate of drug-likeness (QED) is 0.522. The van der Waals surface area contributed by atoms with Crippen molar-refractivity contribution in [3.63, 3.8) is 0 Å². The van der Waals surface area contributed by atoms with Crippen LogP contribution in [0.3, 0.4) is 0 Å². The second-order valence-corrected chi connectivity index (χ2v) is 8.07. The van der Waals surface area contributed by atoms with Gasteiger partial charge >= 0.3 is 6.18 Å². The Balaban J connectivity index is 1.45. The fraction of sp³-hybridized carbons (Fsp3) is 0.333. The summed E-state index contributed by atoms with van der Waals surface area (Å²) < 4.78 is 47.4. The third-order valence-corrected chi connectivity index (χ3v) is 5.95. The first-order valence-corrected chi connectivity index (χ1v) is 10.2. The molecule has 4 aromatic heterocycles. The SMILES string of the molecule is O=C(c1cnc(C2CC2)o1)N1CCc2[nH]cnc2[C@H]1c1cc2c(C(F)(F)F)cccn2n1. The van der Waals surface area contributed by atoms with Crippen molar-refractivity contribution in [1.29, 1.82) is 0 Å². The molecule has 5 heterocycles. The Morgan fingerprint density at radius 3 is 2.88 bits per heavy atom. The molecule has 1 N–H and O–H groups in total. The smallest absolute Gasteiger partial charge is 0.418 e. The number of hydrogen-bond acceptors (Lipinski definition) is 5. The van der Waals surface area contributed by atoms with Gasteiger partial charge in [-0.2, -0.15) is 18.3 Å². The van der Waals surface area contributed by atoms with E-state index in [9.17, 15) is 18.0 Å². The number of hydrogen-bond donors (Lipinski definition) is 1. The van der Waals surface area contributed by atoms with Crippen LogP contribution < -0.4 is 0 Å². The van der Waals surface area contributed by atoms with E-state index in [0.717, 1.165) is 24.6 Å². The lowest BCUT2D eigenvalue weighted by atomic mass is 9.99. The highest BCUT2D eigenvalue weighted by atomic mass is 19.4. The van der Waals surface area contributed by atoms with Crippen molar-refractivity contribution in [3.8, 4) is 0 Å². The van der Waals surface area contributed by atoms with Crippen LogP contribution in [-0.2, 0) is 12.6 Å². The van der Waals surface area contributed by atoms with Crippen LogP contribution in [0.1, 0.15) is 63.9 Å². The molecule has 164 valence electrons. The average Bonchev–Trinajstić information content (AvgIpc) is 3.18. The first kappa shape index (κ1) is 19.1. The third kappa shape index (κ3) is 2.99. The van der Waals surface area contributed by atoms with Gasteiger partial charge in [0, 0.05) is 30.8 Å². The number of aromatic nitrogens is 5. The van der Waals surface area contributed by atoms with Gasteiger partial charge in [-0.05, 0) is 31.0 Å². The van der Waals surface area contributed by atoms with Gasteiger partial charge in [-0.25, -0.2) is 14.5 Å². The predicted octanol–water partition coefficient (Wildman–Crippen LogP) is 3.73. The second-order valence-electron chi connectivity index (χ2n) is 8.07. The number of nitrogens with zero attached hydrogens (tertiary/aromatic N) is 5. The maximum absolute atomic E-state index is 13.5. The minimum atomic E-state index is -4.53. The van der Waals surface area contributed by atoms with Gasteiger partial charge in [0.1, 0.15) is 6.04 Å². The van der Waals surface area contributed by atoms with Gasteiger partial charge in [-0.3, -0.25) is 4.79 Å². The summed E-state index contributed by atoms with van der Waals surface area (Å²) in [6, 6.07) is 2.92. The lowest BCUT2D eigenvalue weighted by Gasteiger charge is -2.33. The Labute approximate surface area is 179 Å². The van der Waals surface area contributed by atoms with E-state index in [1.54, 1.807) is 0 Å². The summed E-state index contributed by atoms with van der Waals surface area (Å²) >= 11 is 0. The van der Waals surface area contributed by atoms with Crippen LogP contribution in [0.5, 0.6) is 0 Å². The van der Waals surface area contributed by atoms with E-state index < -0.39 is 23.7 Å². The van der Waals surface area contributed by atoms with Gasteiger partial charge in [-0.1, -0.05) is 0 Å². The molecule has 4 aromatic rings. The topological polar surface area (TPSA) is 92.3 Å². The maximum Gasteiger partial charge on any atom is 0.418 e. The number of imidazole rings is 1. The van der Waals surface area contributed by atoms with Crippen molar-refractivity contribution in [2.75, 3.05) is 6.54 Å². The maximum atomic E-state index is 13.5. The Kier molecular flexibility index (Phi) is 3.99. The first-order valence-electron chi connectivity index (χ1n) is 10.2. The molecule has 1 aliphatic carbocycles. The van der Waals surface area contributed by atoms with Crippen LogP contribution in [0.2, 0.25) is 0 Å². The summed E-state index contributed by atoms with van der Waals surface area (Å²) in [5.41, 5.74) is 0.802. The molecule has 1 saturated carbocycles. The van der Waals surface area contributed by atoms with E-state index in [1.807, 2.05) is 0 Å². The molecule has 1 aliphatic heterocycles. The molecule has 11 heteroatoms. The fourth-order valence-corrected chi connectivity index (χ4v) is 4.25. The molecule has 1 amide bonds. The number of pyridine rings is 1. The van der Waals surface area contributed by atoms with Crippen molar-refractivity contribution in [1.82, 2.24) is 29.5 Å². The van der Waals surface area contributed by atoms with Gasteiger partial charge < -0.3 is 14.3 Å². The Bertz CT molecular complexity index is 1330. The number of carbonyl (C=O) groups is 1. The summed E-state index contributed by atoms with van der Waals surface area (Å²) in [6.45, 7) is 0.332. The molecule has 0 spiro atoms. The summed E-state index contributed by atoms with van der Waals surface area (Å²) in [4.78, 5) is 26.5. The molecule has 0 aromatic carbocycles. The average molecular weight is 442 g/mol. The van der Waals surface area contributed by atoms with E-state index in [-0.39, 0.29) is 17.2 Å². The summed E-state index contributed by atoms with van der Waals surface area (Å²) in [5, 5.41) is 4.38. The minimum absolute atomic E-state index is 0.0826. The van der Waals surface area contributed by atoms with Crippen molar-refractivity contribution in [2.45, 2.75) is 37.4 Å². The highest BCUT2D eigenvalue weighted by Crippen LogP contribution is 2.40. The zero-order valence-electron chi connectivity index (χ0n) is 16.6. The number of amides is 1. The zero-order chi connectivity index (χ0) is 22.0. The largest absolute Gasteiger partial charge is 0.435 e. The summed E-state index contributed by atoms with van der Waals surface area (Å²) in [5.74, 6) is 0.516. The van der Waals surface area contributed by atoms with E-state index >= 15 is 0 Å². The van der Waals surface area contributed by atoms with Gasteiger partial charge in [-0.15, -0.1) is 0 Å². The molecule has 0 radical (unpaired) electrons. The molecule has 6 rings (SSSR count). The van der Waals surface area contributed by atoms with Gasteiger partial charge in [0.15, 0.2) is 5.89 Å². The lowest BCUT2D eigenvalue weighted by molar-refractivity contribution is -0.136. The molecule has 2 aliphatic rings. The van der Waals surface area contributed by atoms with Gasteiger partial charge in [0.2, 0.25) is 5.76 Å². The van der Waals surface area contributed by atoms with Gasteiger partial charge in [0.05, 0.1) is 35.0 Å². The number of rotatable bonds is 3. The second kappa shape index (κ2) is 6.68.